The van der Waals surface area contributed by atoms with Crippen molar-refractivity contribution in [3.05, 3.63) is 35.4 Å². The van der Waals surface area contributed by atoms with Crippen LogP contribution in [0.2, 0.25) is 0 Å². The normalized spacial score (nSPS) is 15.5. The average Bonchev–Trinajstić information content (AvgIpc) is 2.15. The van der Waals surface area contributed by atoms with E-state index >= 15 is 0 Å². The Morgan fingerprint density at radius 3 is 2.53 bits per heavy atom. The van der Waals surface area contributed by atoms with Crippen LogP contribution in [0.5, 0.6) is 0 Å². The molecule has 0 saturated heterocycles. The summed E-state index contributed by atoms with van der Waals surface area (Å²) < 4.78 is 22.3. The number of aryl methyl sites for hydroxylation is 1. The third-order valence-corrected chi connectivity index (χ3v) is 3.61. The second kappa shape index (κ2) is 5.62. The first kappa shape index (κ1) is 14.2. The molecule has 1 rings (SSSR count). The number of rotatable bonds is 5. The number of benzene rings is 1. The smallest absolute Gasteiger partial charge is 0.150 e. The SMILES string of the molecule is Cc1cccc(C(CN)C(O)CS(C)(=O)=O)c1. The molecule has 0 spiro atoms. The fraction of sp³-hybridized carbons (Fsp3) is 0.500. The Labute approximate surface area is 102 Å². The van der Waals surface area contributed by atoms with Gasteiger partial charge in [-0.1, -0.05) is 29.8 Å². The molecule has 0 heterocycles. The summed E-state index contributed by atoms with van der Waals surface area (Å²) in [5.41, 5.74) is 7.56. The van der Waals surface area contributed by atoms with Crippen molar-refractivity contribution in [2.45, 2.75) is 18.9 Å². The molecule has 0 aromatic heterocycles. The van der Waals surface area contributed by atoms with Crippen LogP contribution >= 0.6 is 0 Å². The highest BCUT2D eigenvalue weighted by Gasteiger charge is 2.23. The van der Waals surface area contributed by atoms with Crippen molar-refractivity contribution in [2.75, 3.05) is 18.6 Å². The largest absolute Gasteiger partial charge is 0.391 e. The topological polar surface area (TPSA) is 80.4 Å². The van der Waals surface area contributed by atoms with Crippen LogP contribution in [0.1, 0.15) is 17.0 Å². The van der Waals surface area contributed by atoms with E-state index in [4.69, 9.17) is 5.73 Å². The van der Waals surface area contributed by atoms with Gasteiger partial charge in [-0.05, 0) is 12.5 Å². The fourth-order valence-corrected chi connectivity index (χ4v) is 2.70. The average molecular weight is 257 g/mol. The molecule has 3 N–H and O–H groups in total. The number of sulfone groups is 1. The highest BCUT2D eigenvalue weighted by atomic mass is 32.2. The maximum absolute atomic E-state index is 11.2. The Hall–Kier alpha value is -0.910. The van der Waals surface area contributed by atoms with Crippen LogP contribution in [-0.4, -0.2) is 38.2 Å². The van der Waals surface area contributed by atoms with Crippen molar-refractivity contribution in [3.8, 4) is 0 Å². The zero-order chi connectivity index (χ0) is 13.1. The molecule has 1 aromatic rings. The summed E-state index contributed by atoms with van der Waals surface area (Å²) in [5.74, 6) is -0.604. The molecule has 0 bridgehead atoms. The monoisotopic (exact) mass is 257 g/mol. The van der Waals surface area contributed by atoms with E-state index < -0.39 is 15.9 Å². The Morgan fingerprint density at radius 1 is 1.41 bits per heavy atom. The van der Waals surface area contributed by atoms with Gasteiger partial charge in [0.05, 0.1) is 11.9 Å². The molecule has 0 aliphatic carbocycles. The maximum Gasteiger partial charge on any atom is 0.150 e. The first-order valence-electron chi connectivity index (χ1n) is 5.46. The van der Waals surface area contributed by atoms with E-state index in [1.165, 1.54) is 0 Å². The minimum absolute atomic E-state index is 0.222. The lowest BCUT2D eigenvalue weighted by Crippen LogP contribution is -2.31. The zero-order valence-electron chi connectivity index (χ0n) is 10.1. The molecule has 17 heavy (non-hydrogen) atoms. The van der Waals surface area contributed by atoms with Crippen LogP contribution in [0, 0.1) is 6.92 Å². The van der Waals surface area contributed by atoms with Crippen molar-refractivity contribution >= 4 is 9.84 Å². The van der Waals surface area contributed by atoms with E-state index in [0.29, 0.717) is 0 Å². The van der Waals surface area contributed by atoms with Crippen molar-refractivity contribution < 1.29 is 13.5 Å². The van der Waals surface area contributed by atoms with Crippen molar-refractivity contribution in [2.24, 2.45) is 5.73 Å². The molecule has 1 aromatic carbocycles. The molecular formula is C12H19NO3S. The lowest BCUT2D eigenvalue weighted by molar-refractivity contribution is 0.167. The van der Waals surface area contributed by atoms with Gasteiger partial charge in [-0.15, -0.1) is 0 Å². The van der Waals surface area contributed by atoms with Gasteiger partial charge in [0.25, 0.3) is 0 Å². The molecule has 0 aliphatic heterocycles. The van der Waals surface area contributed by atoms with Crippen LogP contribution in [0.4, 0.5) is 0 Å². The zero-order valence-corrected chi connectivity index (χ0v) is 10.9. The summed E-state index contributed by atoms with van der Waals surface area (Å²) in [7, 11) is -3.20. The highest BCUT2D eigenvalue weighted by molar-refractivity contribution is 7.90. The van der Waals surface area contributed by atoms with Crippen LogP contribution in [0.3, 0.4) is 0 Å². The Balaban J connectivity index is 2.92. The molecule has 0 fully saturated rings. The predicted molar refractivity (Wildman–Crippen MR) is 68.7 cm³/mol. The third kappa shape index (κ3) is 4.46. The van der Waals surface area contributed by atoms with Gasteiger partial charge in [0.15, 0.2) is 0 Å². The van der Waals surface area contributed by atoms with Gasteiger partial charge >= 0.3 is 0 Å². The molecule has 2 atom stereocenters. The standard InChI is InChI=1S/C12H19NO3S/c1-9-4-3-5-10(6-9)11(7-13)12(14)8-17(2,15)16/h3-6,11-12,14H,7-8,13H2,1-2H3. The van der Waals surface area contributed by atoms with Crippen molar-refractivity contribution in [1.82, 2.24) is 0 Å². The lowest BCUT2D eigenvalue weighted by Gasteiger charge is -2.21. The molecule has 2 unspecified atom stereocenters. The first-order chi connectivity index (χ1) is 7.83. The number of hydrogen-bond donors (Lipinski definition) is 2. The van der Waals surface area contributed by atoms with E-state index in [0.717, 1.165) is 17.4 Å². The van der Waals surface area contributed by atoms with Gasteiger partial charge in [-0.3, -0.25) is 0 Å². The number of nitrogens with two attached hydrogens (primary N) is 1. The summed E-state index contributed by atoms with van der Waals surface area (Å²) in [6, 6.07) is 7.60. The van der Waals surface area contributed by atoms with Gasteiger partial charge < -0.3 is 10.8 Å². The van der Waals surface area contributed by atoms with E-state index in [1.54, 1.807) is 0 Å². The van der Waals surface area contributed by atoms with E-state index in [-0.39, 0.29) is 18.2 Å². The molecule has 96 valence electrons. The summed E-state index contributed by atoms with van der Waals surface area (Å²) >= 11 is 0. The van der Waals surface area contributed by atoms with Gasteiger partial charge in [-0.25, -0.2) is 8.42 Å². The van der Waals surface area contributed by atoms with E-state index in [1.807, 2.05) is 31.2 Å². The molecule has 0 saturated carbocycles. The Morgan fingerprint density at radius 2 is 2.06 bits per heavy atom. The van der Waals surface area contributed by atoms with Gasteiger partial charge in [0.1, 0.15) is 9.84 Å². The lowest BCUT2D eigenvalue weighted by atomic mass is 9.93. The van der Waals surface area contributed by atoms with Crippen LogP contribution in [-0.2, 0) is 9.84 Å². The van der Waals surface area contributed by atoms with Gasteiger partial charge in [-0.2, -0.15) is 0 Å². The summed E-state index contributed by atoms with van der Waals surface area (Å²) in [4.78, 5) is 0. The van der Waals surface area contributed by atoms with Gasteiger partial charge in [0.2, 0.25) is 0 Å². The Bertz CT molecular complexity index is 470. The molecule has 0 radical (unpaired) electrons. The first-order valence-corrected chi connectivity index (χ1v) is 7.52. The molecular weight excluding hydrogens is 238 g/mol. The second-order valence-corrected chi connectivity index (χ2v) is 6.60. The third-order valence-electron chi connectivity index (χ3n) is 2.66. The predicted octanol–water partition coefficient (Wildman–Crippen LogP) is 0.443. The van der Waals surface area contributed by atoms with Crippen molar-refractivity contribution in [1.29, 1.82) is 0 Å². The maximum atomic E-state index is 11.2. The minimum atomic E-state index is -3.20. The second-order valence-electron chi connectivity index (χ2n) is 4.42. The fourth-order valence-electron chi connectivity index (χ4n) is 1.84. The molecule has 4 nitrogen and oxygen atoms in total. The highest BCUT2D eigenvalue weighted by Crippen LogP contribution is 2.20. The Kier molecular flexibility index (Phi) is 4.68. The minimum Gasteiger partial charge on any atom is -0.391 e. The molecule has 0 aliphatic rings. The number of hydrogen-bond acceptors (Lipinski definition) is 4. The quantitative estimate of drug-likeness (QED) is 0.802. The summed E-state index contributed by atoms with van der Waals surface area (Å²) in [6.07, 6.45) is 0.150. The van der Waals surface area contributed by atoms with E-state index in [2.05, 4.69) is 0 Å². The van der Waals surface area contributed by atoms with E-state index in [9.17, 15) is 13.5 Å². The van der Waals surface area contributed by atoms with Crippen LogP contribution in [0.15, 0.2) is 24.3 Å². The summed E-state index contributed by atoms with van der Waals surface area (Å²) in [5, 5.41) is 9.93. The van der Waals surface area contributed by atoms with Crippen LogP contribution in [0.25, 0.3) is 0 Å². The van der Waals surface area contributed by atoms with Crippen molar-refractivity contribution in [3.63, 3.8) is 0 Å². The summed E-state index contributed by atoms with van der Waals surface area (Å²) in [6.45, 7) is 2.17. The van der Waals surface area contributed by atoms with Gasteiger partial charge in [0, 0.05) is 18.7 Å². The van der Waals surface area contributed by atoms with Crippen LogP contribution < -0.4 is 5.73 Å². The number of aliphatic hydroxyl groups is 1. The number of aliphatic hydroxyl groups excluding tert-OH is 1. The molecule has 5 heteroatoms. The molecule has 0 amide bonds.